The van der Waals surface area contributed by atoms with E-state index in [2.05, 4.69) is 15.8 Å². The molecule has 0 unspecified atom stereocenters. The highest BCUT2D eigenvalue weighted by Crippen LogP contribution is 2.36. The van der Waals surface area contributed by atoms with Crippen molar-refractivity contribution in [2.45, 2.75) is 18.9 Å². The number of fused-ring (bicyclic) bond motifs is 1. The number of nitrogens with one attached hydrogen (secondary N) is 2. The van der Waals surface area contributed by atoms with E-state index in [0.29, 0.717) is 11.4 Å². The van der Waals surface area contributed by atoms with Crippen LogP contribution in [0.1, 0.15) is 24.0 Å². The topological polar surface area (TPSA) is 62.7 Å². The number of anilines is 1. The van der Waals surface area contributed by atoms with E-state index in [0.717, 1.165) is 29.7 Å². The minimum Gasteiger partial charge on any atom is -0.488 e. The highest BCUT2D eigenvalue weighted by Gasteiger charge is 2.27. The third-order valence-corrected chi connectivity index (χ3v) is 3.65. The van der Waals surface area contributed by atoms with Crippen LogP contribution in [0.4, 0.5) is 10.5 Å². The molecule has 0 atom stereocenters. The van der Waals surface area contributed by atoms with Crippen LogP contribution in [0, 0.1) is 0 Å². The number of urea groups is 1. The number of hydrazone groups is 1. The van der Waals surface area contributed by atoms with E-state index >= 15 is 0 Å². The van der Waals surface area contributed by atoms with E-state index in [9.17, 15) is 4.79 Å². The molecule has 1 aliphatic heterocycles. The zero-order valence-corrected chi connectivity index (χ0v) is 11.9. The predicted molar refractivity (Wildman–Crippen MR) is 84.3 cm³/mol. The van der Waals surface area contributed by atoms with Crippen LogP contribution in [0.25, 0.3) is 0 Å². The molecular formula is C17H15N3O2. The van der Waals surface area contributed by atoms with Crippen LogP contribution in [-0.2, 0) is 0 Å². The third-order valence-electron chi connectivity index (χ3n) is 3.65. The molecule has 4 rings (SSSR count). The molecule has 2 N–H and O–H groups in total. The van der Waals surface area contributed by atoms with Crippen molar-refractivity contribution in [2.75, 3.05) is 5.32 Å². The number of rotatable bonds is 3. The second-order valence-electron chi connectivity index (χ2n) is 5.39. The van der Waals surface area contributed by atoms with Gasteiger partial charge in [0, 0.05) is 11.1 Å². The van der Waals surface area contributed by atoms with Crippen LogP contribution in [0.15, 0.2) is 53.6 Å². The van der Waals surface area contributed by atoms with Gasteiger partial charge < -0.3 is 10.1 Å². The van der Waals surface area contributed by atoms with Gasteiger partial charge in [-0.1, -0.05) is 42.5 Å². The molecule has 0 saturated heterocycles. The Hall–Kier alpha value is -2.82. The molecule has 0 radical (unpaired) electrons. The van der Waals surface area contributed by atoms with Gasteiger partial charge in [-0.25, -0.2) is 10.2 Å². The van der Waals surface area contributed by atoms with Crippen molar-refractivity contribution in [1.82, 2.24) is 5.43 Å². The average molecular weight is 293 g/mol. The summed E-state index contributed by atoms with van der Waals surface area (Å²) in [5.74, 6) is 0.695. The Kier molecular flexibility index (Phi) is 3.04. The maximum Gasteiger partial charge on any atom is 0.339 e. The number of benzene rings is 2. The Balaban J connectivity index is 1.83. The van der Waals surface area contributed by atoms with Gasteiger partial charge in [-0.3, -0.25) is 0 Å². The Labute approximate surface area is 128 Å². The summed E-state index contributed by atoms with van der Waals surface area (Å²) in [4.78, 5) is 11.9. The minimum absolute atomic E-state index is 0.261. The van der Waals surface area contributed by atoms with E-state index in [-0.39, 0.29) is 12.1 Å². The van der Waals surface area contributed by atoms with Gasteiger partial charge in [0.05, 0.1) is 11.8 Å². The summed E-state index contributed by atoms with van der Waals surface area (Å²) in [6.07, 6.45) is 2.39. The van der Waals surface area contributed by atoms with Gasteiger partial charge in [0.2, 0.25) is 0 Å². The molecule has 1 heterocycles. The van der Waals surface area contributed by atoms with Crippen LogP contribution in [0.5, 0.6) is 5.75 Å². The normalized spacial score (nSPS) is 16.7. The van der Waals surface area contributed by atoms with Crippen molar-refractivity contribution < 1.29 is 9.53 Å². The minimum atomic E-state index is -0.362. The van der Waals surface area contributed by atoms with Gasteiger partial charge in [-0.2, -0.15) is 5.10 Å². The SMILES string of the molecule is O=C1NN=C(c2ccccc2)c2cccc(OC3CC3)c2N1. The fraction of sp³-hybridized carbons (Fsp3) is 0.176. The lowest BCUT2D eigenvalue weighted by molar-refractivity contribution is 0.252. The molecular weight excluding hydrogens is 278 g/mol. The number of amides is 2. The van der Waals surface area contributed by atoms with Gasteiger partial charge in [-0.05, 0) is 18.9 Å². The predicted octanol–water partition coefficient (Wildman–Crippen LogP) is 3.12. The lowest BCUT2D eigenvalue weighted by Crippen LogP contribution is -2.23. The summed E-state index contributed by atoms with van der Waals surface area (Å²) in [6.45, 7) is 0. The standard InChI is InChI=1S/C17H15N3O2/c21-17-18-16-13(7-4-8-14(16)22-12-9-10-12)15(19-20-17)11-5-2-1-3-6-11/h1-8,12H,9-10H2,(H2,18,20,21). The summed E-state index contributed by atoms with van der Waals surface area (Å²) in [5.41, 5.74) is 5.70. The fourth-order valence-corrected chi connectivity index (χ4v) is 2.45. The quantitative estimate of drug-likeness (QED) is 0.913. The Morgan fingerprint density at radius 1 is 1.05 bits per heavy atom. The number of para-hydroxylation sites is 1. The Morgan fingerprint density at radius 3 is 2.64 bits per heavy atom. The summed E-state index contributed by atoms with van der Waals surface area (Å²) < 4.78 is 5.91. The maximum absolute atomic E-state index is 11.9. The number of hydrogen-bond acceptors (Lipinski definition) is 3. The number of nitrogens with zero attached hydrogens (tertiary/aromatic N) is 1. The Bertz CT molecular complexity index is 752. The first-order chi connectivity index (χ1) is 10.8. The van der Waals surface area contributed by atoms with Crippen LogP contribution in [0.2, 0.25) is 0 Å². The van der Waals surface area contributed by atoms with Crippen molar-refractivity contribution in [3.63, 3.8) is 0 Å². The second kappa shape index (κ2) is 5.18. The molecule has 2 amide bonds. The van der Waals surface area contributed by atoms with Crippen LogP contribution in [-0.4, -0.2) is 17.8 Å². The van der Waals surface area contributed by atoms with Crippen LogP contribution < -0.4 is 15.5 Å². The van der Waals surface area contributed by atoms with Crippen molar-refractivity contribution >= 4 is 17.4 Å². The molecule has 0 spiro atoms. The van der Waals surface area contributed by atoms with Crippen LogP contribution in [0.3, 0.4) is 0 Å². The molecule has 0 aromatic heterocycles. The summed E-state index contributed by atoms with van der Waals surface area (Å²) in [6, 6.07) is 15.2. The first kappa shape index (κ1) is 12.9. The van der Waals surface area contributed by atoms with E-state index in [1.807, 2.05) is 48.5 Å². The Morgan fingerprint density at radius 2 is 1.86 bits per heavy atom. The van der Waals surface area contributed by atoms with Crippen molar-refractivity contribution in [3.05, 3.63) is 59.7 Å². The van der Waals surface area contributed by atoms with Gasteiger partial charge in [0.25, 0.3) is 0 Å². The van der Waals surface area contributed by atoms with Crippen molar-refractivity contribution in [3.8, 4) is 5.75 Å². The highest BCUT2D eigenvalue weighted by molar-refractivity contribution is 6.19. The summed E-state index contributed by atoms with van der Waals surface area (Å²) in [5, 5.41) is 7.08. The molecule has 5 nitrogen and oxygen atoms in total. The summed E-state index contributed by atoms with van der Waals surface area (Å²) in [7, 11) is 0. The fourth-order valence-electron chi connectivity index (χ4n) is 2.45. The number of carbonyl (C=O) groups is 1. The lowest BCUT2D eigenvalue weighted by atomic mass is 10.0. The van der Waals surface area contributed by atoms with Crippen LogP contribution >= 0.6 is 0 Å². The molecule has 2 aromatic carbocycles. The second-order valence-corrected chi connectivity index (χ2v) is 5.39. The zero-order valence-electron chi connectivity index (χ0n) is 11.9. The first-order valence-electron chi connectivity index (χ1n) is 7.31. The molecule has 1 fully saturated rings. The van der Waals surface area contributed by atoms with E-state index < -0.39 is 0 Å². The average Bonchev–Trinajstić information content (AvgIpc) is 3.36. The van der Waals surface area contributed by atoms with Gasteiger partial charge in [0.1, 0.15) is 11.5 Å². The summed E-state index contributed by atoms with van der Waals surface area (Å²) >= 11 is 0. The molecule has 1 saturated carbocycles. The van der Waals surface area contributed by atoms with Gasteiger partial charge in [0.15, 0.2) is 0 Å². The molecule has 1 aliphatic carbocycles. The zero-order chi connectivity index (χ0) is 14.9. The molecule has 22 heavy (non-hydrogen) atoms. The number of carbonyl (C=O) groups excluding carboxylic acids is 1. The van der Waals surface area contributed by atoms with Gasteiger partial charge >= 0.3 is 6.03 Å². The maximum atomic E-state index is 11.9. The molecule has 2 aromatic rings. The molecule has 0 bridgehead atoms. The number of ether oxygens (including phenoxy) is 1. The molecule has 110 valence electrons. The smallest absolute Gasteiger partial charge is 0.339 e. The van der Waals surface area contributed by atoms with Crippen molar-refractivity contribution in [1.29, 1.82) is 0 Å². The van der Waals surface area contributed by atoms with E-state index in [4.69, 9.17) is 4.74 Å². The van der Waals surface area contributed by atoms with Crippen molar-refractivity contribution in [2.24, 2.45) is 5.10 Å². The monoisotopic (exact) mass is 293 g/mol. The lowest BCUT2D eigenvalue weighted by Gasteiger charge is -2.14. The van der Waals surface area contributed by atoms with E-state index in [1.54, 1.807) is 0 Å². The number of hydrogen-bond donors (Lipinski definition) is 2. The highest BCUT2D eigenvalue weighted by atomic mass is 16.5. The first-order valence-corrected chi connectivity index (χ1v) is 7.31. The van der Waals surface area contributed by atoms with Gasteiger partial charge in [-0.15, -0.1) is 0 Å². The molecule has 2 aliphatic rings. The molecule has 5 heteroatoms. The third kappa shape index (κ3) is 2.41. The van der Waals surface area contributed by atoms with E-state index in [1.165, 1.54) is 0 Å². The largest absolute Gasteiger partial charge is 0.488 e.